The average Bonchev–Trinajstić information content (AvgIpc) is 2.90. The average molecular weight is 282 g/mol. The lowest BCUT2D eigenvalue weighted by atomic mass is 10.2. The lowest BCUT2D eigenvalue weighted by molar-refractivity contribution is -0.156. The van der Waals surface area contributed by atoms with Gasteiger partial charge in [-0.3, -0.25) is 0 Å². The predicted octanol–water partition coefficient (Wildman–Crippen LogP) is 2.37. The van der Waals surface area contributed by atoms with Crippen molar-refractivity contribution in [1.82, 2.24) is 0 Å². The van der Waals surface area contributed by atoms with Crippen molar-refractivity contribution >= 4 is 0 Å². The first-order valence-electron chi connectivity index (χ1n) is 6.74. The summed E-state index contributed by atoms with van der Waals surface area (Å²) in [4.78, 5) is 0. The molecule has 0 radical (unpaired) electrons. The van der Waals surface area contributed by atoms with Crippen LogP contribution in [0.5, 0.6) is 11.5 Å². The summed E-state index contributed by atoms with van der Waals surface area (Å²) in [6, 6.07) is 5.75. The van der Waals surface area contributed by atoms with E-state index in [1.807, 2.05) is 25.1 Å². The van der Waals surface area contributed by atoms with Crippen molar-refractivity contribution in [2.24, 2.45) is 0 Å². The minimum absolute atomic E-state index is 0.469. The second kappa shape index (κ2) is 6.92. The van der Waals surface area contributed by atoms with Gasteiger partial charge in [0, 0.05) is 12.0 Å². The first kappa shape index (κ1) is 15.1. The van der Waals surface area contributed by atoms with E-state index in [1.54, 1.807) is 14.2 Å². The highest BCUT2D eigenvalue weighted by Gasteiger charge is 2.30. The molecule has 0 aliphatic carbocycles. The van der Waals surface area contributed by atoms with Crippen molar-refractivity contribution in [3.05, 3.63) is 23.8 Å². The quantitative estimate of drug-likeness (QED) is 0.718. The van der Waals surface area contributed by atoms with E-state index in [-0.39, 0.29) is 0 Å². The van der Waals surface area contributed by atoms with E-state index >= 15 is 0 Å². The molecule has 1 aliphatic heterocycles. The summed E-state index contributed by atoms with van der Waals surface area (Å²) < 4.78 is 27.4. The van der Waals surface area contributed by atoms with Crippen molar-refractivity contribution in [2.45, 2.75) is 25.7 Å². The van der Waals surface area contributed by atoms with Crippen molar-refractivity contribution < 1.29 is 23.7 Å². The zero-order valence-corrected chi connectivity index (χ0v) is 12.3. The molecule has 1 aromatic rings. The number of benzene rings is 1. The molecule has 0 bridgehead atoms. The first-order valence-corrected chi connectivity index (χ1v) is 6.74. The maximum Gasteiger partial charge on any atom is 0.167 e. The highest BCUT2D eigenvalue weighted by atomic mass is 16.7. The number of hydrogen-bond donors (Lipinski definition) is 0. The molecule has 1 saturated heterocycles. The van der Waals surface area contributed by atoms with Gasteiger partial charge in [-0.2, -0.15) is 0 Å². The van der Waals surface area contributed by atoms with Gasteiger partial charge in [-0.1, -0.05) is 12.1 Å². The van der Waals surface area contributed by atoms with Crippen LogP contribution in [-0.4, -0.2) is 39.8 Å². The molecule has 0 saturated carbocycles. The normalized spacial score (nSPS) is 17.1. The Morgan fingerprint density at radius 1 is 1.15 bits per heavy atom. The van der Waals surface area contributed by atoms with Gasteiger partial charge >= 0.3 is 0 Å². The number of methoxy groups -OCH3 is 2. The predicted molar refractivity (Wildman–Crippen MR) is 74.1 cm³/mol. The summed E-state index contributed by atoms with van der Waals surface area (Å²) in [6.07, 6.45) is 0.708. The third-order valence-electron chi connectivity index (χ3n) is 3.34. The Hall–Kier alpha value is -1.30. The number of ether oxygens (including phenoxy) is 5. The Bertz CT molecular complexity index is 426. The van der Waals surface area contributed by atoms with Crippen LogP contribution in [0.4, 0.5) is 0 Å². The molecule has 0 atom stereocenters. The Morgan fingerprint density at radius 3 is 2.55 bits per heavy atom. The van der Waals surface area contributed by atoms with Gasteiger partial charge in [-0.25, -0.2) is 0 Å². The SMILES string of the molecule is COc1cccc(COCCC2(C)OCCO2)c1OC. The zero-order valence-electron chi connectivity index (χ0n) is 12.3. The maximum atomic E-state index is 5.69. The van der Waals surface area contributed by atoms with Gasteiger partial charge in [0.15, 0.2) is 17.3 Å². The van der Waals surface area contributed by atoms with Crippen LogP contribution >= 0.6 is 0 Å². The van der Waals surface area contributed by atoms with E-state index in [2.05, 4.69) is 0 Å². The molecule has 0 amide bonds. The van der Waals surface area contributed by atoms with E-state index in [4.69, 9.17) is 23.7 Å². The van der Waals surface area contributed by atoms with Crippen molar-refractivity contribution in [3.8, 4) is 11.5 Å². The largest absolute Gasteiger partial charge is 0.493 e. The van der Waals surface area contributed by atoms with E-state index < -0.39 is 5.79 Å². The molecule has 2 rings (SSSR count). The summed E-state index contributed by atoms with van der Waals surface area (Å²) in [5.74, 6) is 0.927. The van der Waals surface area contributed by atoms with E-state index in [0.29, 0.717) is 38.6 Å². The standard InChI is InChI=1S/C15H22O5/c1-15(19-9-10-20-15)7-8-18-11-12-5-4-6-13(16-2)14(12)17-3/h4-6H,7-11H2,1-3H3. The van der Waals surface area contributed by atoms with E-state index in [1.165, 1.54) is 0 Å². The Morgan fingerprint density at radius 2 is 1.90 bits per heavy atom. The highest BCUT2D eigenvalue weighted by Crippen LogP contribution is 2.31. The van der Waals surface area contributed by atoms with Crippen LogP contribution in [0.2, 0.25) is 0 Å². The minimum Gasteiger partial charge on any atom is -0.493 e. The molecule has 1 fully saturated rings. The third-order valence-corrected chi connectivity index (χ3v) is 3.34. The molecule has 5 heteroatoms. The smallest absolute Gasteiger partial charge is 0.167 e. The van der Waals surface area contributed by atoms with Gasteiger partial charge in [0.2, 0.25) is 0 Å². The number of rotatable bonds is 7. The molecule has 0 unspecified atom stereocenters. The van der Waals surface area contributed by atoms with Gasteiger partial charge in [0.25, 0.3) is 0 Å². The molecule has 1 heterocycles. The minimum atomic E-state index is -0.502. The Labute approximate surface area is 119 Å². The molecular formula is C15H22O5. The topological polar surface area (TPSA) is 46.2 Å². The molecule has 1 aromatic carbocycles. The molecule has 0 N–H and O–H groups in total. The molecular weight excluding hydrogens is 260 g/mol. The fourth-order valence-electron chi connectivity index (χ4n) is 2.21. The molecule has 0 spiro atoms. The zero-order chi connectivity index (χ0) is 14.4. The summed E-state index contributed by atoms with van der Waals surface area (Å²) >= 11 is 0. The lowest BCUT2D eigenvalue weighted by Crippen LogP contribution is -2.27. The summed E-state index contributed by atoms with van der Waals surface area (Å²) in [5, 5.41) is 0. The van der Waals surface area contributed by atoms with Crippen LogP contribution in [0.15, 0.2) is 18.2 Å². The Kier molecular flexibility index (Phi) is 5.23. The fraction of sp³-hybridized carbons (Fsp3) is 0.600. The van der Waals surface area contributed by atoms with Crippen molar-refractivity contribution in [2.75, 3.05) is 34.0 Å². The second-order valence-electron chi connectivity index (χ2n) is 4.79. The second-order valence-corrected chi connectivity index (χ2v) is 4.79. The molecule has 5 nitrogen and oxygen atoms in total. The molecule has 112 valence electrons. The van der Waals surface area contributed by atoms with Gasteiger partial charge in [0.05, 0.1) is 40.6 Å². The van der Waals surface area contributed by atoms with Crippen LogP contribution in [0, 0.1) is 0 Å². The third kappa shape index (κ3) is 3.62. The number of hydrogen-bond acceptors (Lipinski definition) is 5. The van der Waals surface area contributed by atoms with E-state index in [0.717, 1.165) is 11.3 Å². The van der Waals surface area contributed by atoms with Crippen LogP contribution in [-0.2, 0) is 20.8 Å². The maximum absolute atomic E-state index is 5.69. The van der Waals surface area contributed by atoms with Gasteiger partial charge < -0.3 is 23.7 Å². The summed E-state index contributed by atoms with van der Waals surface area (Å²) in [7, 11) is 3.25. The van der Waals surface area contributed by atoms with Gasteiger partial charge in [-0.05, 0) is 13.0 Å². The van der Waals surface area contributed by atoms with Crippen LogP contribution in [0.1, 0.15) is 18.9 Å². The lowest BCUT2D eigenvalue weighted by Gasteiger charge is -2.22. The fourth-order valence-corrected chi connectivity index (χ4v) is 2.21. The summed E-state index contributed by atoms with van der Waals surface area (Å²) in [6.45, 7) is 4.28. The summed E-state index contributed by atoms with van der Waals surface area (Å²) in [5.41, 5.74) is 0.963. The van der Waals surface area contributed by atoms with Gasteiger partial charge in [-0.15, -0.1) is 0 Å². The van der Waals surface area contributed by atoms with E-state index in [9.17, 15) is 0 Å². The highest BCUT2D eigenvalue weighted by molar-refractivity contribution is 5.46. The molecule has 0 aromatic heterocycles. The van der Waals surface area contributed by atoms with Crippen molar-refractivity contribution in [3.63, 3.8) is 0 Å². The monoisotopic (exact) mass is 282 g/mol. The Balaban J connectivity index is 1.85. The van der Waals surface area contributed by atoms with Crippen LogP contribution < -0.4 is 9.47 Å². The van der Waals surface area contributed by atoms with Crippen LogP contribution in [0.3, 0.4) is 0 Å². The molecule has 20 heavy (non-hydrogen) atoms. The van der Waals surface area contributed by atoms with Crippen molar-refractivity contribution in [1.29, 1.82) is 0 Å². The van der Waals surface area contributed by atoms with Crippen LogP contribution in [0.25, 0.3) is 0 Å². The number of para-hydroxylation sites is 1. The van der Waals surface area contributed by atoms with Gasteiger partial charge in [0.1, 0.15) is 0 Å². The molecule has 1 aliphatic rings. The first-order chi connectivity index (χ1) is 9.68.